The van der Waals surface area contributed by atoms with Crippen LogP contribution in [0.5, 0.6) is 0 Å². The van der Waals surface area contributed by atoms with Gasteiger partial charge in [0, 0.05) is 18.0 Å². The van der Waals surface area contributed by atoms with E-state index in [-0.39, 0.29) is 0 Å². The topological polar surface area (TPSA) is 53.4 Å². The number of thiazole rings is 1. The smallest absolute Gasteiger partial charge is 0.335 e. The van der Waals surface area contributed by atoms with Crippen LogP contribution in [0.2, 0.25) is 0 Å². The van der Waals surface area contributed by atoms with E-state index in [9.17, 15) is 4.79 Å². The fraction of sp³-hybridized carbons (Fsp3) is 0.556. The number of aromatic carboxylic acids is 1. The number of carboxylic acids is 1. The molecule has 1 saturated heterocycles. The van der Waals surface area contributed by atoms with Gasteiger partial charge in [0.25, 0.3) is 0 Å². The highest BCUT2D eigenvalue weighted by molar-refractivity contribution is 7.18. The number of carboxylic acid groups (broad SMARTS) is 1. The standard InChI is InChI=1S/C18H22N2O2S/c1-11-4-2-3-7-20(11)14-8-13(9-14)17-19-15-6-5-12(18(21)22)10-16(15)23-17/h5-6,10-11,13-14H,2-4,7-9H2,1H3,(H,21,22)/t11-,13?,14?/m0/s1. The van der Waals surface area contributed by atoms with Gasteiger partial charge >= 0.3 is 5.97 Å². The first kappa shape index (κ1) is 15.1. The summed E-state index contributed by atoms with van der Waals surface area (Å²) in [6, 6.07) is 6.68. The van der Waals surface area contributed by atoms with Crippen molar-refractivity contribution in [1.82, 2.24) is 9.88 Å². The Bertz CT molecular complexity index is 736. The van der Waals surface area contributed by atoms with Crippen LogP contribution in [0.4, 0.5) is 0 Å². The Morgan fingerprint density at radius 2 is 2.17 bits per heavy atom. The van der Waals surface area contributed by atoms with Gasteiger partial charge in [0.1, 0.15) is 0 Å². The molecule has 4 nitrogen and oxygen atoms in total. The Kier molecular flexibility index (Phi) is 3.85. The van der Waals surface area contributed by atoms with Crippen molar-refractivity contribution < 1.29 is 9.90 Å². The summed E-state index contributed by atoms with van der Waals surface area (Å²) in [5.41, 5.74) is 1.28. The van der Waals surface area contributed by atoms with Crippen molar-refractivity contribution in [2.75, 3.05) is 6.54 Å². The van der Waals surface area contributed by atoms with E-state index in [0.29, 0.717) is 11.5 Å². The SMILES string of the molecule is C[C@H]1CCCCN1C1CC(c2nc3ccc(C(=O)O)cc3s2)C1. The third kappa shape index (κ3) is 2.76. The summed E-state index contributed by atoms with van der Waals surface area (Å²) in [5.74, 6) is -0.315. The fourth-order valence-electron chi connectivity index (χ4n) is 3.97. The Morgan fingerprint density at radius 3 is 2.91 bits per heavy atom. The van der Waals surface area contributed by atoms with Gasteiger partial charge in [-0.05, 0) is 57.4 Å². The average molecular weight is 330 g/mol. The van der Waals surface area contributed by atoms with E-state index in [1.807, 2.05) is 6.07 Å². The molecule has 0 amide bonds. The minimum atomic E-state index is -0.871. The number of fused-ring (bicyclic) bond motifs is 1. The van der Waals surface area contributed by atoms with E-state index in [4.69, 9.17) is 10.1 Å². The maximum absolute atomic E-state index is 11.1. The fourth-order valence-corrected chi connectivity index (χ4v) is 5.11. The van der Waals surface area contributed by atoms with E-state index >= 15 is 0 Å². The number of likely N-dealkylation sites (tertiary alicyclic amines) is 1. The number of aromatic nitrogens is 1. The Labute approximate surface area is 140 Å². The lowest BCUT2D eigenvalue weighted by Crippen LogP contribution is -2.50. The molecule has 1 aliphatic carbocycles. The minimum absolute atomic E-state index is 0.348. The van der Waals surface area contributed by atoms with Crippen molar-refractivity contribution in [2.24, 2.45) is 0 Å². The average Bonchev–Trinajstić information content (AvgIpc) is 2.90. The molecular formula is C18H22N2O2S. The van der Waals surface area contributed by atoms with Crippen molar-refractivity contribution in [3.8, 4) is 0 Å². The first-order valence-electron chi connectivity index (χ1n) is 8.51. The predicted molar refractivity (Wildman–Crippen MR) is 92.4 cm³/mol. The second kappa shape index (κ2) is 5.87. The second-order valence-electron chi connectivity index (χ2n) is 6.94. The molecule has 1 atom stereocenters. The van der Waals surface area contributed by atoms with Crippen LogP contribution < -0.4 is 0 Å². The molecule has 0 radical (unpaired) electrons. The van der Waals surface area contributed by atoms with Crippen molar-refractivity contribution in [3.05, 3.63) is 28.8 Å². The van der Waals surface area contributed by atoms with Gasteiger partial charge in [0.15, 0.2) is 0 Å². The monoisotopic (exact) mass is 330 g/mol. The van der Waals surface area contributed by atoms with Gasteiger partial charge in [0.05, 0.1) is 20.8 Å². The molecule has 23 heavy (non-hydrogen) atoms. The molecule has 1 saturated carbocycles. The lowest BCUT2D eigenvalue weighted by atomic mass is 9.78. The lowest BCUT2D eigenvalue weighted by Gasteiger charge is -2.47. The molecule has 5 heteroatoms. The molecule has 1 N–H and O–H groups in total. The molecule has 1 aliphatic heterocycles. The van der Waals surface area contributed by atoms with Crippen molar-refractivity contribution in [2.45, 2.75) is 57.0 Å². The van der Waals surface area contributed by atoms with Crippen LogP contribution in [0.15, 0.2) is 18.2 Å². The van der Waals surface area contributed by atoms with E-state index in [0.717, 1.165) is 22.3 Å². The predicted octanol–water partition coefficient (Wildman–Crippen LogP) is 4.11. The van der Waals surface area contributed by atoms with Crippen molar-refractivity contribution in [3.63, 3.8) is 0 Å². The van der Waals surface area contributed by atoms with Crippen LogP contribution in [0, 0.1) is 0 Å². The van der Waals surface area contributed by atoms with E-state index in [2.05, 4.69) is 11.8 Å². The number of hydrogen-bond acceptors (Lipinski definition) is 4. The summed E-state index contributed by atoms with van der Waals surface area (Å²) in [6.45, 7) is 3.61. The Hall–Kier alpha value is -1.46. The first-order chi connectivity index (χ1) is 11.1. The van der Waals surface area contributed by atoms with E-state index in [1.54, 1.807) is 23.5 Å². The minimum Gasteiger partial charge on any atom is -0.478 e. The summed E-state index contributed by atoms with van der Waals surface area (Å²) < 4.78 is 0.995. The number of nitrogens with zero attached hydrogens (tertiary/aromatic N) is 2. The lowest BCUT2D eigenvalue weighted by molar-refractivity contribution is 0.0480. The molecule has 2 fully saturated rings. The molecule has 2 aliphatic rings. The van der Waals surface area contributed by atoms with Gasteiger partial charge in [-0.25, -0.2) is 9.78 Å². The molecule has 122 valence electrons. The number of rotatable bonds is 3. The molecule has 2 heterocycles. The van der Waals surface area contributed by atoms with Gasteiger partial charge in [0.2, 0.25) is 0 Å². The van der Waals surface area contributed by atoms with Gasteiger partial charge < -0.3 is 5.11 Å². The molecule has 4 rings (SSSR count). The van der Waals surface area contributed by atoms with Crippen LogP contribution in [0.3, 0.4) is 0 Å². The van der Waals surface area contributed by atoms with E-state index < -0.39 is 5.97 Å². The molecular weight excluding hydrogens is 308 g/mol. The maximum atomic E-state index is 11.1. The summed E-state index contributed by atoms with van der Waals surface area (Å²) in [4.78, 5) is 18.5. The number of carbonyl (C=O) groups is 1. The van der Waals surface area contributed by atoms with Crippen LogP contribution in [-0.4, -0.2) is 39.6 Å². The molecule has 0 bridgehead atoms. The molecule has 2 aromatic rings. The van der Waals surface area contributed by atoms with Crippen molar-refractivity contribution in [1.29, 1.82) is 0 Å². The maximum Gasteiger partial charge on any atom is 0.335 e. The normalized spacial score (nSPS) is 28.7. The zero-order valence-corrected chi connectivity index (χ0v) is 14.2. The highest BCUT2D eigenvalue weighted by Crippen LogP contribution is 2.44. The summed E-state index contributed by atoms with van der Waals surface area (Å²) >= 11 is 1.67. The molecule has 1 aromatic heterocycles. The summed E-state index contributed by atoms with van der Waals surface area (Å²) in [6.07, 6.45) is 6.45. The third-order valence-electron chi connectivity index (χ3n) is 5.44. The molecule has 1 aromatic carbocycles. The van der Waals surface area contributed by atoms with Crippen molar-refractivity contribution >= 4 is 27.5 Å². The largest absolute Gasteiger partial charge is 0.478 e. The number of hydrogen-bond donors (Lipinski definition) is 1. The van der Waals surface area contributed by atoms with Gasteiger partial charge in [-0.2, -0.15) is 0 Å². The van der Waals surface area contributed by atoms with Crippen LogP contribution in [-0.2, 0) is 0 Å². The van der Waals surface area contributed by atoms with Crippen LogP contribution >= 0.6 is 11.3 Å². The van der Waals surface area contributed by atoms with Gasteiger partial charge in [-0.1, -0.05) is 6.42 Å². The molecule has 0 spiro atoms. The first-order valence-corrected chi connectivity index (χ1v) is 9.33. The number of piperidine rings is 1. The second-order valence-corrected chi connectivity index (χ2v) is 8.01. The van der Waals surface area contributed by atoms with Gasteiger partial charge in [-0.3, -0.25) is 4.90 Å². The molecule has 0 unspecified atom stereocenters. The summed E-state index contributed by atoms with van der Waals surface area (Å²) in [5, 5.41) is 10.3. The zero-order valence-electron chi connectivity index (χ0n) is 13.4. The Balaban J connectivity index is 1.47. The van der Waals surface area contributed by atoms with Crippen LogP contribution in [0.25, 0.3) is 10.2 Å². The third-order valence-corrected chi connectivity index (χ3v) is 6.62. The quantitative estimate of drug-likeness (QED) is 0.920. The highest BCUT2D eigenvalue weighted by Gasteiger charge is 2.38. The van der Waals surface area contributed by atoms with Gasteiger partial charge in [-0.15, -0.1) is 11.3 Å². The summed E-state index contributed by atoms with van der Waals surface area (Å²) in [7, 11) is 0. The number of benzene rings is 1. The Morgan fingerprint density at radius 1 is 1.35 bits per heavy atom. The highest BCUT2D eigenvalue weighted by atomic mass is 32.1. The van der Waals surface area contributed by atoms with Crippen LogP contribution in [0.1, 0.15) is 60.3 Å². The zero-order chi connectivity index (χ0) is 16.0. The van der Waals surface area contributed by atoms with E-state index in [1.165, 1.54) is 43.7 Å².